The van der Waals surface area contributed by atoms with Crippen LogP contribution >= 0.6 is 0 Å². The molecule has 0 aliphatic heterocycles. The van der Waals surface area contributed by atoms with Gasteiger partial charge in [0.05, 0.1) is 44.1 Å². The Kier molecular flexibility index (Phi) is 12.9. The van der Waals surface area contributed by atoms with Gasteiger partial charge in [0.15, 0.2) is 29.1 Å². The van der Waals surface area contributed by atoms with Crippen LogP contribution in [0.5, 0.6) is 0 Å². The summed E-state index contributed by atoms with van der Waals surface area (Å²) in [6, 6.07) is 126. The maximum absolute atomic E-state index is 6.64. The Morgan fingerprint density at radius 3 is 0.815 bits per heavy atom. The molecule has 15 aromatic carbocycles. The van der Waals surface area contributed by atoms with Gasteiger partial charge in [0.2, 0.25) is 0 Å². The number of nitrogens with zero attached hydrogens (tertiary/aromatic N) is 8. The molecule has 0 radical (unpaired) electrons. The van der Waals surface area contributed by atoms with Crippen molar-refractivity contribution in [2.24, 2.45) is 0 Å². The predicted molar refractivity (Wildman–Crippen MR) is 442 cm³/mol. The number of hydrogen-bond acceptors (Lipinski definition) is 6. The van der Waals surface area contributed by atoms with Crippen molar-refractivity contribution >= 4 is 131 Å². The Morgan fingerprint density at radius 1 is 0.176 bits per heavy atom. The van der Waals surface area contributed by atoms with E-state index in [0.29, 0.717) is 17.5 Å². The summed E-state index contributed by atoms with van der Waals surface area (Å²) in [6.07, 6.45) is 0. The molecule has 0 saturated heterocycles. The van der Waals surface area contributed by atoms with Crippen LogP contribution in [-0.2, 0) is 0 Å². The van der Waals surface area contributed by atoms with Crippen LogP contribution in [0.2, 0.25) is 0 Å². The monoisotopic (exact) mass is 1380 g/mol. The first-order valence-electron chi connectivity index (χ1n) is 36.5. The minimum absolute atomic E-state index is 0.556. The molecular formula is C98H58N8O2. The number of para-hydroxylation sites is 8. The normalized spacial score (nSPS) is 12.1. The molecule has 0 amide bonds. The molecule has 502 valence electrons. The van der Waals surface area contributed by atoms with Gasteiger partial charge in [-0.3, -0.25) is 9.13 Å². The molecule has 10 nitrogen and oxygen atoms in total. The highest BCUT2D eigenvalue weighted by Crippen LogP contribution is 2.50. The summed E-state index contributed by atoms with van der Waals surface area (Å²) in [5, 5.41) is 13.2. The Hall–Kier alpha value is -14.7. The second-order valence-corrected chi connectivity index (χ2v) is 28.0. The molecule has 0 aliphatic rings. The van der Waals surface area contributed by atoms with Crippen molar-refractivity contribution in [1.29, 1.82) is 0 Å². The molecule has 0 bridgehead atoms. The van der Waals surface area contributed by atoms with Crippen LogP contribution in [0, 0.1) is 0 Å². The molecule has 108 heavy (non-hydrogen) atoms. The SMILES string of the molecule is c1ccc(-c2nc(-c3ccccc3)nc(-c3ccc(-c4c(-n5c6ccccc6c6ccccc65)c(-n5c6ccccc6c6cc(-c7ccc8oc9ccccc9c8c7)ccc65)nc(-n5c6ccccc6c6cc(-c7ccc8oc9ccccc9c8c7)ccc65)c4-n4c5ccccc5c5ccccc54)cc3)n2)cc1. The summed E-state index contributed by atoms with van der Waals surface area (Å²) in [5.74, 6) is 3.19. The number of furan rings is 2. The highest BCUT2D eigenvalue weighted by atomic mass is 16.3. The number of aromatic nitrogens is 8. The Balaban J connectivity index is 0.881. The van der Waals surface area contributed by atoms with Gasteiger partial charge in [-0.25, -0.2) is 19.9 Å². The Labute approximate surface area is 616 Å². The quantitative estimate of drug-likeness (QED) is 0.135. The van der Waals surface area contributed by atoms with Gasteiger partial charge in [-0.05, 0) is 125 Å². The van der Waals surface area contributed by atoms with Crippen LogP contribution in [0.3, 0.4) is 0 Å². The van der Waals surface area contributed by atoms with Gasteiger partial charge >= 0.3 is 0 Å². The van der Waals surface area contributed by atoms with Crippen molar-refractivity contribution < 1.29 is 8.83 Å². The maximum atomic E-state index is 6.64. The lowest BCUT2D eigenvalue weighted by Crippen LogP contribution is -2.16. The number of benzene rings is 15. The van der Waals surface area contributed by atoms with E-state index in [9.17, 15) is 0 Å². The lowest BCUT2D eigenvalue weighted by molar-refractivity contribution is 0.668. The van der Waals surface area contributed by atoms with Gasteiger partial charge in [0, 0.05) is 86.9 Å². The second kappa shape index (κ2) is 23.4. The smallest absolute Gasteiger partial charge is 0.165 e. The zero-order valence-electron chi connectivity index (χ0n) is 57.9. The van der Waals surface area contributed by atoms with E-state index in [1.54, 1.807) is 0 Å². The van der Waals surface area contributed by atoms with Gasteiger partial charge in [0.25, 0.3) is 0 Å². The van der Waals surface area contributed by atoms with E-state index in [0.717, 1.165) is 204 Å². The Morgan fingerprint density at radius 2 is 0.435 bits per heavy atom. The number of rotatable bonds is 10. The average molecular weight is 1380 g/mol. The molecule has 8 heterocycles. The van der Waals surface area contributed by atoms with Crippen LogP contribution in [0.25, 0.3) is 222 Å². The minimum atomic E-state index is 0.556. The number of pyridine rings is 1. The number of fused-ring (bicyclic) bond motifs is 18. The van der Waals surface area contributed by atoms with Gasteiger partial charge in [-0.2, -0.15) is 0 Å². The fourth-order valence-corrected chi connectivity index (χ4v) is 17.2. The lowest BCUT2D eigenvalue weighted by Gasteiger charge is -2.27. The lowest BCUT2D eigenvalue weighted by atomic mass is 9.98. The average Bonchev–Trinajstić information content (AvgIpc) is 1.49. The van der Waals surface area contributed by atoms with Crippen molar-refractivity contribution in [3.8, 4) is 90.6 Å². The first-order chi connectivity index (χ1) is 53.6. The van der Waals surface area contributed by atoms with E-state index >= 15 is 0 Å². The summed E-state index contributed by atoms with van der Waals surface area (Å²) in [5.41, 5.74) is 22.2. The van der Waals surface area contributed by atoms with Crippen molar-refractivity contribution in [2.45, 2.75) is 0 Å². The third kappa shape index (κ3) is 9.01. The van der Waals surface area contributed by atoms with E-state index in [1.165, 1.54) is 0 Å². The predicted octanol–water partition coefficient (Wildman–Crippen LogP) is 25.5. The van der Waals surface area contributed by atoms with Gasteiger partial charge in [-0.1, -0.05) is 255 Å². The molecular weight excluding hydrogens is 1320 g/mol. The second-order valence-electron chi connectivity index (χ2n) is 28.0. The first kappa shape index (κ1) is 59.8. The van der Waals surface area contributed by atoms with Crippen molar-refractivity contribution in [3.63, 3.8) is 0 Å². The van der Waals surface area contributed by atoms with Gasteiger partial charge in [0.1, 0.15) is 33.7 Å². The largest absolute Gasteiger partial charge is 0.456 e. The fraction of sp³-hybridized carbons (Fsp3) is 0. The molecule has 0 spiro atoms. The minimum Gasteiger partial charge on any atom is -0.456 e. The van der Waals surface area contributed by atoms with Crippen molar-refractivity contribution in [1.82, 2.24) is 38.2 Å². The molecule has 23 rings (SSSR count). The Bertz CT molecular complexity index is 7150. The highest BCUT2D eigenvalue weighted by molar-refractivity contribution is 6.17. The third-order valence-electron chi connectivity index (χ3n) is 22.0. The highest BCUT2D eigenvalue weighted by Gasteiger charge is 2.33. The van der Waals surface area contributed by atoms with E-state index in [4.69, 9.17) is 28.8 Å². The van der Waals surface area contributed by atoms with E-state index in [2.05, 4.69) is 309 Å². The van der Waals surface area contributed by atoms with Crippen LogP contribution < -0.4 is 0 Å². The molecule has 0 saturated carbocycles. The van der Waals surface area contributed by atoms with Crippen LogP contribution in [0.15, 0.2) is 361 Å². The van der Waals surface area contributed by atoms with Crippen molar-refractivity contribution in [3.05, 3.63) is 352 Å². The van der Waals surface area contributed by atoms with E-state index < -0.39 is 0 Å². The zero-order chi connectivity index (χ0) is 70.7. The number of hydrogen-bond donors (Lipinski definition) is 0. The molecule has 0 aliphatic carbocycles. The molecule has 10 heteroatoms. The molecule has 8 aromatic heterocycles. The van der Waals surface area contributed by atoms with Crippen molar-refractivity contribution in [2.75, 3.05) is 0 Å². The molecule has 0 fully saturated rings. The van der Waals surface area contributed by atoms with Crippen LogP contribution in [0.4, 0.5) is 0 Å². The standard InChI is InChI=1S/C98H58N8O2/c1-3-23-60(24-4-1)94-99-95(61-25-5-2-6-26-61)101-96(100-94)62-45-43-59(44-46-62)91-92(103-79-35-15-7-27-67(79)68-28-8-16-36-80(68)103)97(105-83-39-19-11-31-71(83)75-55-63(47-51-85(75)105)65-49-53-89-77(57-65)73-33-13-21-41-87(73)107-89)102-98(93(91)104-81-37-17-9-29-69(81)70-30-10-18-38-82(70)104)106-84-40-20-12-32-72(84)76-56-64(48-52-86(76)106)66-50-54-90-78(58-66)74-34-14-22-42-88(74)108-90/h1-58H. The maximum Gasteiger partial charge on any atom is 0.165 e. The molecule has 0 N–H and O–H groups in total. The van der Waals surface area contributed by atoms with Gasteiger partial charge in [-0.15, -0.1) is 0 Å². The van der Waals surface area contributed by atoms with E-state index in [1.807, 2.05) is 60.7 Å². The van der Waals surface area contributed by atoms with E-state index in [-0.39, 0.29) is 0 Å². The summed E-state index contributed by atoms with van der Waals surface area (Å²) in [4.78, 5) is 22.4. The molecule has 23 aromatic rings. The summed E-state index contributed by atoms with van der Waals surface area (Å²) >= 11 is 0. The van der Waals surface area contributed by atoms with Crippen LogP contribution in [0.1, 0.15) is 0 Å². The summed E-state index contributed by atoms with van der Waals surface area (Å²) < 4.78 is 22.7. The summed E-state index contributed by atoms with van der Waals surface area (Å²) in [7, 11) is 0. The van der Waals surface area contributed by atoms with Gasteiger partial charge < -0.3 is 18.0 Å². The third-order valence-corrected chi connectivity index (χ3v) is 22.0. The topological polar surface area (TPSA) is 97.6 Å². The molecule has 0 unspecified atom stereocenters. The van der Waals surface area contributed by atoms with Crippen LogP contribution in [-0.4, -0.2) is 38.2 Å². The molecule has 0 atom stereocenters. The zero-order valence-corrected chi connectivity index (χ0v) is 57.9. The summed E-state index contributed by atoms with van der Waals surface area (Å²) in [6.45, 7) is 0. The fourth-order valence-electron chi connectivity index (χ4n) is 17.2. The first-order valence-corrected chi connectivity index (χ1v) is 36.5.